The third kappa shape index (κ3) is 12.3. The fourth-order valence-corrected chi connectivity index (χ4v) is 6.59. The van der Waals surface area contributed by atoms with Gasteiger partial charge in [-0.3, -0.25) is 14.4 Å². The summed E-state index contributed by atoms with van der Waals surface area (Å²) < 4.78 is 5.69. The van der Waals surface area contributed by atoms with Crippen molar-refractivity contribution in [3.05, 3.63) is 59.7 Å². The highest BCUT2D eigenvalue weighted by Crippen LogP contribution is 2.44. The fourth-order valence-electron chi connectivity index (χ4n) is 6.12. The summed E-state index contributed by atoms with van der Waals surface area (Å²) in [7, 11) is 0. The number of carbonyl (C=O) groups is 5. The predicted octanol–water partition coefficient (Wildman–Crippen LogP) is 3.10. The van der Waals surface area contributed by atoms with Gasteiger partial charge in [0.15, 0.2) is 0 Å². The molecule has 51 heavy (non-hydrogen) atoms. The molecular formula is C37H54N6O7S. The second-order valence-corrected chi connectivity index (χ2v) is 14.0. The number of aliphatic carboxylic acids is 1. The first kappa shape index (κ1) is 41.3. The number of carboxylic acid groups (broad SMARTS) is 1. The van der Waals surface area contributed by atoms with Gasteiger partial charge in [-0.25, -0.2) is 9.59 Å². The Hall–Kier alpha value is -4.14. The van der Waals surface area contributed by atoms with Gasteiger partial charge in [0, 0.05) is 5.92 Å². The summed E-state index contributed by atoms with van der Waals surface area (Å²) in [4.78, 5) is 65.5. The first-order valence-corrected chi connectivity index (χ1v) is 19.1. The number of nitrogens with one attached hydrogen (secondary N) is 4. The van der Waals surface area contributed by atoms with Crippen LogP contribution in [-0.2, 0) is 23.9 Å². The summed E-state index contributed by atoms with van der Waals surface area (Å²) in [6, 6.07) is 11.8. The highest BCUT2D eigenvalue weighted by molar-refractivity contribution is 7.98. The maximum atomic E-state index is 13.6. The Morgan fingerprint density at radius 1 is 0.725 bits per heavy atom. The van der Waals surface area contributed by atoms with Crippen LogP contribution >= 0.6 is 11.8 Å². The number of ether oxygens (including phenoxy) is 1. The molecule has 0 saturated carbocycles. The molecule has 0 aromatic heterocycles. The molecule has 9 N–H and O–H groups in total. The lowest BCUT2D eigenvalue weighted by Crippen LogP contribution is -2.59. The number of rotatable bonds is 22. The van der Waals surface area contributed by atoms with Gasteiger partial charge in [-0.2, -0.15) is 11.8 Å². The van der Waals surface area contributed by atoms with Crippen molar-refractivity contribution in [3.63, 3.8) is 0 Å². The van der Waals surface area contributed by atoms with Crippen LogP contribution in [0.2, 0.25) is 0 Å². The van der Waals surface area contributed by atoms with Crippen molar-refractivity contribution >= 4 is 41.5 Å². The second-order valence-electron chi connectivity index (χ2n) is 13.1. The van der Waals surface area contributed by atoms with Crippen LogP contribution in [0.1, 0.15) is 75.8 Å². The van der Waals surface area contributed by atoms with Crippen molar-refractivity contribution in [1.82, 2.24) is 21.3 Å². The number of carboxylic acids is 1. The van der Waals surface area contributed by atoms with Crippen molar-refractivity contribution in [2.24, 2.45) is 17.4 Å². The Balaban J connectivity index is 1.68. The van der Waals surface area contributed by atoms with Gasteiger partial charge in [-0.05, 0) is 98.2 Å². The molecule has 0 aliphatic heterocycles. The summed E-state index contributed by atoms with van der Waals surface area (Å²) in [5.41, 5.74) is 15.5. The molecule has 13 nitrogen and oxygen atoms in total. The number of alkyl carbamates (subject to hydrolysis) is 1. The van der Waals surface area contributed by atoms with Gasteiger partial charge < -0.3 is 42.6 Å². The predicted molar refractivity (Wildman–Crippen MR) is 199 cm³/mol. The number of carbonyl (C=O) groups excluding carboxylic acids is 4. The van der Waals surface area contributed by atoms with Crippen LogP contribution < -0.4 is 32.7 Å². The van der Waals surface area contributed by atoms with E-state index in [1.54, 1.807) is 13.8 Å². The zero-order valence-electron chi connectivity index (χ0n) is 29.8. The minimum atomic E-state index is -1.18. The van der Waals surface area contributed by atoms with E-state index in [4.69, 9.17) is 16.2 Å². The molecule has 0 unspecified atom stereocenters. The van der Waals surface area contributed by atoms with E-state index in [0.29, 0.717) is 44.5 Å². The van der Waals surface area contributed by atoms with Crippen molar-refractivity contribution in [3.8, 4) is 11.1 Å². The molecule has 280 valence electrons. The van der Waals surface area contributed by atoms with Crippen molar-refractivity contribution < 1.29 is 33.8 Å². The standard InChI is InChI=1S/C37H54N6O7S/c1-23(2)32(35(46)40-29(16-8-10-19-38)33(44)41-31(36(47)48)17-9-11-20-39)43-34(45)30(18-21-51-3)42-37(49)50-22-28-26-14-6-4-12-24(26)25-13-5-7-15-27(25)28/h4-7,12-15,23,28-32H,8-11,16-22,38-39H2,1-3H3,(H,40,46)(H,41,44)(H,42,49)(H,43,45)(H,47,48)/t29-,30-,31-,32-/m0/s1. The van der Waals surface area contributed by atoms with E-state index >= 15 is 0 Å². The Morgan fingerprint density at radius 3 is 1.76 bits per heavy atom. The molecule has 14 heteroatoms. The Labute approximate surface area is 304 Å². The zero-order chi connectivity index (χ0) is 37.3. The second kappa shape index (κ2) is 21.3. The van der Waals surface area contributed by atoms with Gasteiger partial charge in [0.05, 0.1) is 0 Å². The van der Waals surface area contributed by atoms with Crippen LogP contribution in [0, 0.1) is 5.92 Å². The molecule has 0 heterocycles. The number of hydrogen-bond acceptors (Lipinski definition) is 9. The van der Waals surface area contributed by atoms with E-state index in [2.05, 4.69) is 21.3 Å². The zero-order valence-corrected chi connectivity index (χ0v) is 30.6. The van der Waals surface area contributed by atoms with Crippen molar-refractivity contribution in [1.29, 1.82) is 0 Å². The van der Waals surface area contributed by atoms with Gasteiger partial charge in [0.2, 0.25) is 17.7 Å². The third-order valence-electron chi connectivity index (χ3n) is 8.95. The average molecular weight is 727 g/mol. The number of hydrogen-bond donors (Lipinski definition) is 7. The Bertz CT molecular complexity index is 1430. The maximum absolute atomic E-state index is 13.6. The van der Waals surface area contributed by atoms with E-state index in [-0.39, 0.29) is 37.7 Å². The molecule has 1 aliphatic carbocycles. The minimum Gasteiger partial charge on any atom is -0.480 e. The van der Waals surface area contributed by atoms with E-state index in [1.165, 1.54) is 11.8 Å². The Kier molecular flexibility index (Phi) is 17.2. The molecule has 4 amide bonds. The van der Waals surface area contributed by atoms with E-state index < -0.39 is 54.0 Å². The number of nitrogens with two attached hydrogens (primary N) is 2. The summed E-state index contributed by atoms with van der Waals surface area (Å²) >= 11 is 1.51. The fraction of sp³-hybridized carbons (Fsp3) is 0.541. The lowest BCUT2D eigenvalue weighted by Gasteiger charge is -2.28. The lowest BCUT2D eigenvalue weighted by molar-refractivity contribution is -0.142. The maximum Gasteiger partial charge on any atom is 0.407 e. The van der Waals surface area contributed by atoms with Crippen LogP contribution in [0.3, 0.4) is 0 Å². The summed E-state index contributed by atoms with van der Waals surface area (Å²) in [5, 5.41) is 20.4. The van der Waals surface area contributed by atoms with Crippen LogP contribution in [0.15, 0.2) is 48.5 Å². The molecule has 3 rings (SSSR count). The van der Waals surface area contributed by atoms with Crippen LogP contribution in [0.4, 0.5) is 4.79 Å². The van der Waals surface area contributed by atoms with Gasteiger partial charge >= 0.3 is 12.1 Å². The van der Waals surface area contributed by atoms with Gasteiger partial charge in [0.1, 0.15) is 30.8 Å². The molecule has 0 saturated heterocycles. The highest BCUT2D eigenvalue weighted by atomic mass is 32.2. The first-order valence-electron chi connectivity index (χ1n) is 17.7. The van der Waals surface area contributed by atoms with Gasteiger partial charge in [-0.15, -0.1) is 0 Å². The molecule has 0 radical (unpaired) electrons. The molecule has 4 atom stereocenters. The van der Waals surface area contributed by atoms with Crippen molar-refractivity contribution in [2.75, 3.05) is 31.7 Å². The third-order valence-corrected chi connectivity index (χ3v) is 9.60. The minimum absolute atomic E-state index is 0.0805. The quantitative estimate of drug-likeness (QED) is 0.0881. The largest absolute Gasteiger partial charge is 0.480 e. The SMILES string of the molecule is CSCC[C@H](NC(=O)OCC1c2ccccc2-c2ccccc21)C(=O)N[C@H](C(=O)N[C@@H](CCCCN)C(=O)N[C@@H](CCCCN)C(=O)O)C(C)C. The van der Waals surface area contributed by atoms with E-state index in [9.17, 15) is 29.1 Å². The normalized spacial score (nSPS) is 14.4. The topological polar surface area (TPSA) is 215 Å². The molecular weight excluding hydrogens is 673 g/mol. The van der Waals surface area contributed by atoms with Crippen LogP contribution in [0.25, 0.3) is 11.1 Å². The Morgan fingerprint density at radius 2 is 1.24 bits per heavy atom. The monoisotopic (exact) mass is 726 g/mol. The number of unbranched alkanes of at least 4 members (excludes halogenated alkanes) is 2. The molecule has 2 aromatic carbocycles. The smallest absolute Gasteiger partial charge is 0.407 e. The molecule has 1 aliphatic rings. The van der Waals surface area contributed by atoms with Gasteiger partial charge in [-0.1, -0.05) is 62.4 Å². The first-order chi connectivity index (χ1) is 24.5. The number of benzene rings is 2. The van der Waals surface area contributed by atoms with Crippen LogP contribution in [-0.4, -0.2) is 90.8 Å². The molecule has 0 fully saturated rings. The average Bonchev–Trinajstić information content (AvgIpc) is 3.43. The summed E-state index contributed by atoms with van der Waals surface area (Å²) in [5.74, 6) is -2.97. The molecule has 0 bridgehead atoms. The molecule has 0 spiro atoms. The number of fused-ring (bicyclic) bond motifs is 3. The summed E-state index contributed by atoms with van der Waals surface area (Å²) in [6.45, 7) is 4.37. The van der Waals surface area contributed by atoms with E-state index in [0.717, 1.165) is 22.3 Å². The summed E-state index contributed by atoms with van der Waals surface area (Å²) in [6.07, 6.45) is 4.08. The highest BCUT2D eigenvalue weighted by Gasteiger charge is 2.33. The van der Waals surface area contributed by atoms with Crippen molar-refractivity contribution in [2.45, 2.75) is 88.9 Å². The number of thioether (sulfide) groups is 1. The van der Waals surface area contributed by atoms with Crippen LogP contribution in [0.5, 0.6) is 0 Å². The molecule has 2 aromatic rings. The van der Waals surface area contributed by atoms with E-state index in [1.807, 2.05) is 54.8 Å². The lowest BCUT2D eigenvalue weighted by atomic mass is 9.98. The number of amides is 4. The van der Waals surface area contributed by atoms with Gasteiger partial charge in [0.25, 0.3) is 0 Å².